The van der Waals surface area contributed by atoms with Crippen molar-refractivity contribution < 1.29 is 4.79 Å². The van der Waals surface area contributed by atoms with Crippen molar-refractivity contribution in [2.75, 3.05) is 0 Å². The molecule has 2 aliphatic rings. The Hall–Kier alpha value is -1.38. The maximum atomic E-state index is 12.5. The molecule has 2 fully saturated rings. The molecule has 2 saturated carbocycles. The van der Waals surface area contributed by atoms with Crippen LogP contribution in [0.5, 0.6) is 0 Å². The van der Waals surface area contributed by atoms with E-state index < -0.39 is 0 Å². The molecule has 1 amide bonds. The lowest BCUT2D eigenvalue weighted by molar-refractivity contribution is -0.136. The van der Waals surface area contributed by atoms with Crippen LogP contribution in [-0.2, 0) is 11.3 Å². The highest BCUT2D eigenvalue weighted by Crippen LogP contribution is 2.33. The van der Waals surface area contributed by atoms with Crippen molar-refractivity contribution in [1.29, 1.82) is 0 Å². The molecule has 0 aliphatic heterocycles. The predicted molar refractivity (Wildman–Crippen MR) is 69.8 cm³/mol. The summed E-state index contributed by atoms with van der Waals surface area (Å²) in [4.78, 5) is 18.8. The highest BCUT2D eigenvalue weighted by molar-refractivity contribution is 5.79. The standard InChI is InChI=1S/C15H20N2O/c18-15(13-5-1-2-6-13)17(14-7-8-14)11-12-4-3-9-16-10-12/h3-4,9-10,13-14H,1-2,5-8,11H2. The van der Waals surface area contributed by atoms with Crippen LogP contribution < -0.4 is 0 Å². The van der Waals surface area contributed by atoms with E-state index in [1.165, 1.54) is 25.7 Å². The molecular weight excluding hydrogens is 224 g/mol. The van der Waals surface area contributed by atoms with Gasteiger partial charge >= 0.3 is 0 Å². The number of pyridine rings is 1. The van der Waals surface area contributed by atoms with Gasteiger partial charge in [-0.1, -0.05) is 18.9 Å². The molecule has 0 N–H and O–H groups in total. The van der Waals surface area contributed by atoms with Crippen molar-refractivity contribution in [2.24, 2.45) is 5.92 Å². The third-order valence-electron chi connectivity index (χ3n) is 4.05. The van der Waals surface area contributed by atoms with E-state index in [-0.39, 0.29) is 0 Å². The molecule has 18 heavy (non-hydrogen) atoms. The Morgan fingerprint density at radius 1 is 1.28 bits per heavy atom. The van der Waals surface area contributed by atoms with Crippen molar-refractivity contribution in [1.82, 2.24) is 9.88 Å². The average Bonchev–Trinajstić information content (AvgIpc) is 3.10. The molecule has 3 nitrogen and oxygen atoms in total. The third-order valence-corrected chi connectivity index (χ3v) is 4.05. The predicted octanol–water partition coefficient (Wildman–Crippen LogP) is 2.76. The minimum absolute atomic E-state index is 0.294. The van der Waals surface area contributed by atoms with Crippen LogP contribution in [0.25, 0.3) is 0 Å². The van der Waals surface area contributed by atoms with Crippen molar-refractivity contribution in [3.05, 3.63) is 30.1 Å². The van der Waals surface area contributed by atoms with Gasteiger partial charge in [-0.2, -0.15) is 0 Å². The zero-order valence-corrected chi connectivity index (χ0v) is 10.7. The Morgan fingerprint density at radius 2 is 2.06 bits per heavy atom. The molecule has 0 spiro atoms. The van der Waals surface area contributed by atoms with Gasteiger partial charge in [0.2, 0.25) is 5.91 Å². The minimum Gasteiger partial charge on any atom is -0.335 e. The second kappa shape index (κ2) is 5.09. The number of amides is 1. The molecule has 3 heteroatoms. The molecule has 0 bridgehead atoms. The van der Waals surface area contributed by atoms with Gasteiger partial charge in [0, 0.05) is 30.9 Å². The maximum absolute atomic E-state index is 12.5. The van der Waals surface area contributed by atoms with Crippen LogP contribution in [0.3, 0.4) is 0 Å². The van der Waals surface area contributed by atoms with Gasteiger partial charge in [0.25, 0.3) is 0 Å². The number of nitrogens with zero attached hydrogens (tertiary/aromatic N) is 2. The first-order chi connectivity index (χ1) is 8.84. The number of hydrogen-bond donors (Lipinski definition) is 0. The molecule has 2 aliphatic carbocycles. The molecule has 1 aromatic rings. The first-order valence-corrected chi connectivity index (χ1v) is 7.04. The topological polar surface area (TPSA) is 33.2 Å². The normalized spacial score (nSPS) is 20.0. The highest BCUT2D eigenvalue weighted by Gasteiger charge is 2.36. The number of carbonyl (C=O) groups is 1. The summed E-state index contributed by atoms with van der Waals surface area (Å²) in [7, 11) is 0. The van der Waals surface area contributed by atoms with E-state index in [1.54, 1.807) is 6.20 Å². The zero-order valence-electron chi connectivity index (χ0n) is 10.7. The molecule has 96 valence electrons. The number of hydrogen-bond acceptors (Lipinski definition) is 2. The number of rotatable bonds is 4. The lowest BCUT2D eigenvalue weighted by Crippen LogP contribution is -2.36. The van der Waals surface area contributed by atoms with Crippen molar-refractivity contribution in [2.45, 2.75) is 51.1 Å². The molecule has 0 radical (unpaired) electrons. The summed E-state index contributed by atoms with van der Waals surface area (Å²) in [6, 6.07) is 4.50. The van der Waals surface area contributed by atoms with Gasteiger partial charge in [-0.3, -0.25) is 9.78 Å². The fourth-order valence-corrected chi connectivity index (χ4v) is 2.87. The van der Waals surface area contributed by atoms with E-state index in [1.807, 2.05) is 12.3 Å². The lowest BCUT2D eigenvalue weighted by Gasteiger charge is -2.25. The van der Waals surface area contributed by atoms with E-state index >= 15 is 0 Å². The van der Waals surface area contributed by atoms with E-state index in [2.05, 4.69) is 16.0 Å². The molecule has 0 unspecified atom stereocenters. The van der Waals surface area contributed by atoms with E-state index in [0.29, 0.717) is 17.9 Å². The second-order valence-corrected chi connectivity index (χ2v) is 5.54. The van der Waals surface area contributed by atoms with Gasteiger partial charge in [0.15, 0.2) is 0 Å². The molecule has 3 rings (SSSR count). The molecule has 1 heterocycles. The van der Waals surface area contributed by atoms with Gasteiger partial charge < -0.3 is 4.90 Å². The zero-order chi connectivity index (χ0) is 12.4. The smallest absolute Gasteiger partial charge is 0.226 e. The van der Waals surface area contributed by atoms with Gasteiger partial charge in [-0.25, -0.2) is 0 Å². The molecule has 1 aromatic heterocycles. The van der Waals surface area contributed by atoms with Crippen LogP contribution in [0.4, 0.5) is 0 Å². The highest BCUT2D eigenvalue weighted by atomic mass is 16.2. The van der Waals surface area contributed by atoms with Gasteiger partial charge in [0.1, 0.15) is 0 Å². The monoisotopic (exact) mass is 244 g/mol. The summed E-state index contributed by atoms with van der Waals surface area (Å²) in [6.45, 7) is 0.744. The molecule has 0 saturated heterocycles. The largest absolute Gasteiger partial charge is 0.335 e. The Balaban J connectivity index is 1.70. The molecule has 0 aromatic carbocycles. The first-order valence-electron chi connectivity index (χ1n) is 7.04. The summed E-state index contributed by atoms with van der Waals surface area (Å²) in [6.07, 6.45) is 10.6. The van der Waals surface area contributed by atoms with E-state index in [0.717, 1.165) is 24.9 Å². The van der Waals surface area contributed by atoms with Gasteiger partial charge in [0.05, 0.1) is 0 Å². The van der Waals surface area contributed by atoms with Crippen molar-refractivity contribution in [3.8, 4) is 0 Å². The first kappa shape index (κ1) is 11.7. The van der Waals surface area contributed by atoms with Crippen LogP contribution >= 0.6 is 0 Å². The van der Waals surface area contributed by atoms with Crippen molar-refractivity contribution in [3.63, 3.8) is 0 Å². The average molecular weight is 244 g/mol. The Morgan fingerprint density at radius 3 is 2.67 bits per heavy atom. The Labute approximate surface area is 108 Å². The summed E-state index contributed by atoms with van der Waals surface area (Å²) >= 11 is 0. The number of carbonyl (C=O) groups excluding carboxylic acids is 1. The lowest BCUT2D eigenvalue weighted by atomic mass is 10.1. The summed E-state index contributed by atoms with van der Waals surface area (Å²) in [5.74, 6) is 0.682. The fraction of sp³-hybridized carbons (Fsp3) is 0.600. The van der Waals surface area contributed by atoms with Crippen LogP contribution in [0, 0.1) is 5.92 Å². The van der Waals surface area contributed by atoms with Crippen LogP contribution in [0.2, 0.25) is 0 Å². The quantitative estimate of drug-likeness (QED) is 0.816. The molecular formula is C15H20N2O. The van der Waals surface area contributed by atoms with Crippen LogP contribution in [-0.4, -0.2) is 21.8 Å². The SMILES string of the molecule is O=C(C1CCCC1)N(Cc1cccnc1)C1CC1. The van der Waals surface area contributed by atoms with E-state index in [9.17, 15) is 4.79 Å². The second-order valence-electron chi connectivity index (χ2n) is 5.54. The Bertz CT molecular complexity index is 408. The third kappa shape index (κ3) is 2.55. The molecule has 0 atom stereocenters. The van der Waals surface area contributed by atoms with E-state index in [4.69, 9.17) is 0 Å². The number of aromatic nitrogens is 1. The van der Waals surface area contributed by atoms with Crippen LogP contribution in [0.15, 0.2) is 24.5 Å². The van der Waals surface area contributed by atoms with Gasteiger partial charge in [-0.05, 0) is 37.3 Å². The minimum atomic E-state index is 0.294. The van der Waals surface area contributed by atoms with Gasteiger partial charge in [-0.15, -0.1) is 0 Å². The Kier molecular flexibility index (Phi) is 3.31. The summed E-state index contributed by atoms with van der Waals surface area (Å²) in [5, 5.41) is 0. The summed E-state index contributed by atoms with van der Waals surface area (Å²) in [5.41, 5.74) is 1.15. The maximum Gasteiger partial charge on any atom is 0.226 e. The van der Waals surface area contributed by atoms with Crippen molar-refractivity contribution >= 4 is 5.91 Å². The van der Waals surface area contributed by atoms with Crippen LogP contribution in [0.1, 0.15) is 44.1 Å². The summed E-state index contributed by atoms with van der Waals surface area (Å²) < 4.78 is 0. The fourth-order valence-electron chi connectivity index (χ4n) is 2.87.